The van der Waals surface area contributed by atoms with E-state index in [0.29, 0.717) is 19.5 Å². The molecule has 1 rings (SSSR count). The number of aromatic nitrogens is 2. The number of nitrogens with two attached hydrogens (primary N) is 1. The second-order valence-electron chi connectivity index (χ2n) is 3.29. The number of rotatable bonds is 5. The predicted octanol–water partition coefficient (Wildman–Crippen LogP) is -0.0967. The van der Waals surface area contributed by atoms with Gasteiger partial charge in [0.2, 0.25) is 0 Å². The molecule has 0 aliphatic carbocycles. The first-order valence-electron chi connectivity index (χ1n) is 5.16. The van der Waals surface area contributed by atoms with Gasteiger partial charge in [0.05, 0.1) is 12.4 Å². The van der Waals surface area contributed by atoms with Crippen LogP contribution in [0.5, 0.6) is 0 Å². The molecule has 0 bridgehead atoms. The van der Waals surface area contributed by atoms with E-state index in [4.69, 9.17) is 10.8 Å². The molecule has 0 radical (unpaired) electrons. The minimum absolute atomic E-state index is 0.0667. The number of hydrogen-bond acceptors (Lipinski definition) is 5. The normalized spacial score (nSPS) is 10.1. The van der Waals surface area contributed by atoms with E-state index in [1.165, 1.54) is 12.4 Å². The molecular formula is C10H16N4O2. The van der Waals surface area contributed by atoms with Crippen LogP contribution in [0.4, 0.5) is 5.82 Å². The van der Waals surface area contributed by atoms with E-state index in [9.17, 15) is 4.79 Å². The van der Waals surface area contributed by atoms with Gasteiger partial charge in [-0.05, 0) is 13.3 Å². The van der Waals surface area contributed by atoms with Gasteiger partial charge in [-0.3, -0.25) is 4.79 Å². The topological polar surface area (TPSA) is 92.3 Å². The Morgan fingerprint density at radius 3 is 2.75 bits per heavy atom. The zero-order valence-corrected chi connectivity index (χ0v) is 9.26. The van der Waals surface area contributed by atoms with E-state index in [0.717, 1.165) is 0 Å². The van der Waals surface area contributed by atoms with Crippen LogP contribution in [0.15, 0.2) is 12.4 Å². The standard InChI is InChI=1S/C10H16N4O2/c1-2-14(4-3-5-15)10(16)8-6-13-9(11)7-12-8/h6-7,15H,2-5H2,1H3,(H2,11,13). The molecule has 0 aliphatic rings. The maximum absolute atomic E-state index is 11.9. The van der Waals surface area contributed by atoms with Crippen molar-refractivity contribution in [2.45, 2.75) is 13.3 Å². The van der Waals surface area contributed by atoms with Crippen LogP contribution in [0, 0.1) is 0 Å². The number of amides is 1. The maximum Gasteiger partial charge on any atom is 0.274 e. The van der Waals surface area contributed by atoms with E-state index in [1.54, 1.807) is 4.90 Å². The summed E-state index contributed by atoms with van der Waals surface area (Å²) in [6.07, 6.45) is 3.27. The molecule has 1 amide bonds. The van der Waals surface area contributed by atoms with Crippen LogP contribution in [0.1, 0.15) is 23.8 Å². The number of hydrogen-bond donors (Lipinski definition) is 2. The average molecular weight is 224 g/mol. The van der Waals surface area contributed by atoms with E-state index in [2.05, 4.69) is 9.97 Å². The van der Waals surface area contributed by atoms with Crippen molar-refractivity contribution >= 4 is 11.7 Å². The Labute approximate surface area is 94.1 Å². The molecule has 1 heterocycles. The second kappa shape index (κ2) is 6.02. The van der Waals surface area contributed by atoms with Crippen molar-refractivity contribution in [1.82, 2.24) is 14.9 Å². The highest BCUT2D eigenvalue weighted by molar-refractivity contribution is 5.92. The summed E-state index contributed by atoms with van der Waals surface area (Å²) < 4.78 is 0. The van der Waals surface area contributed by atoms with Gasteiger partial charge in [-0.25, -0.2) is 9.97 Å². The Hall–Kier alpha value is -1.69. The zero-order chi connectivity index (χ0) is 12.0. The summed E-state index contributed by atoms with van der Waals surface area (Å²) in [5, 5.41) is 8.72. The summed E-state index contributed by atoms with van der Waals surface area (Å²) >= 11 is 0. The van der Waals surface area contributed by atoms with Gasteiger partial charge in [0.25, 0.3) is 5.91 Å². The number of aliphatic hydroxyl groups is 1. The van der Waals surface area contributed by atoms with Crippen molar-refractivity contribution in [2.24, 2.45) is 0 Å². The van der Waals surface area contributed by atoms with E-state index >= 15 is 0 Å². The molecule has 88 valence electrons. The lowest BCUT2D eigenvalue weighted by Crippen LogP contribution is -2.32. The van der Waals surface area contributed by atoms with Crippen molar-refractivity contribution in [3.8, 4) is 0 Å². The molecule has 0 aromatic carbocycles. The molecule has 0 atom stereocenters. The molecule has 6 heteroatoms. The average Bonchev–Trinajstić information content (AvgIpc) is 2.30. The first-order chi connectivity index (χ1) is 7.69. The molecule has 1 aromatic rings. The molecular weight excluding hydrogens is 208 g/mol. The number of nitrogens with zero attached hydrogens (tertiary/aromatic N) is 3. The Bertz CT molecular complexity index is 339. The van der Waals surface area contributed by atoms with Gasteiger partial charge in [-0.2, -0.15) is 0 Å². The third kappa shape index (κ3) is 3.16. The zero-order valence-electron chi connectivity index (χ0n) is 9.26. The highest BCUT2D eigenvalue weighted by Crippen LogP contribution is 2.02. The quantitative estimate of drug-likeness (QED) is 0.728. The van der Waals surface area contributed by atoms with Gasteiger partial charge in [0, 0.05) is 19.7 Å². The third-order valence-electron chi connectivity index (χ3n) is 2.15. The van der Waals surface area contributed by atoms with Gasteiger partial charge >= 0.3 is 0 Å². The molecule has 6 nitrogen and oxygen atoms in total. The van der Waals surface area contributed by atoms with Crippen molar-refractivity contribution < 1.29 is 9.90 Å². The summed E-state index contributed by atoms with van der Waals surface area (Å²) in [6, 6.07) is 0. The Morgan fingerprint density at radius 2 is 2.25 bits per heavy atom. The minimum atomic E-state index is -0.191. The van der Waals surface area contributed by atoms with E-state index < -0.39 is 0 Å². The SMILES string of the molecule is CCN(CCCO)C(=O)c1cnc(N)cn1. The fraction of sp³-hybridized carbons (Fsp3) is 0.500. The second-order valence-corrected chi connectivity index (χ2v) is 3.29. The summed E-state index contributed by atoms with van der Waals surface area (Å²) in [5.74, 6) is 0.0957. The van der Waals surface area contributed by atoms with E-state index in [-0.39, 0.29) is 24.0 Å². The number of carbonyl (C=O) groups excluding carboxylic acids is 1. The molecule has 0 aliphatic heterocycles. The number of carbonyl (C=O) groups is 1. The molecule has 0 fully saturated rings. The molecule has 1 aromatic heterocycles. The number of anilines is 1. The lowest BCUT2D eigenvalue weighted by molar-refractivity contribution is 0.0748. The molecule has 16 heavy (non-hydrogen) atoms. The van der Waals surface area contributed by atoms with Crippen LogP contribution < -0.4 is 5.73 Å². The fourth-order valence-electron chi connectivity index (χ4n) is 1.28. The van der Waals surface area contributed by atoms with Crippen molar-refractivity contribution in [3.63, 3.8) is 0 Å². The summed E-state index contributed by atoms with van der Waals surface area (Å²) in [6.45, 7) is 3.03. The number of aliphatic hydroxyl groups excluding tert-OH is 1. The van der Waals surface area contributed by atoms with Crippen LogP contribution in [-0.2, 0) is 0 Å². The fourth-order valence-corrected chi connectivity index (χ4v) is 1.28. The minimum Gasteiger partial charge on any atom is -0.396 e. The first kappa shape index (κ1) is 12.4. The lowest BCUT2D eigenvalue weighted by Gasteiger charge is -2.19. The molecule has 0 saturated carbocycles. The molecule has 0 unspecified atom stereocenters. The maximum atomic E-state index is 11.9. The third-order valence-corrected chi connectivity index (χ3v) is 2.15. The smallest absolute Gasteiger partial charge is 0.274 e. The summed E-state index contributed by atoms with van der Waals surface area (Å²) in [7, 11) is 0. The Morgan fingerprint density at radius 1 is 1.50 bits per heavy atom. The first-order valence-corrected chi connectivity index (χ1v) is 5.16. The van der Waals surface area contributed by atoms with Crippen LogP contribution in [0.3, 0.4) is 0 Å². The van der Waals surface area contributed by atoms with Crippen LogP contribution >= 0.6 is 0 Å². The molecule has 3 N–H and O–H groups in total. The Kier molecular flexibility index (Phi) is 4.65. The van der Waals surface area contributed by atoms with E-state index in [1.807, 2.05) is 6.92 Å². The number of nitrogen functional groups attached to an aromatic ring is 1. The van der Waals surface area contributed by atoms with Crippen molar-refractivity contribution in [2.75, 3.05) is 25.4 Å². The van der Waals surface area contributed by atoms with Gasteiger partial charge < -0.3 is 15.7 Å². The van der Waals surface area contributed by atoms with Crippen LogP contribution in [0.25, 0.3) is 0 Å². The van der Waals surface area contributed by atoms with Gasteiger partial charge in [-0.15, -0.1) is 0 Å². The largest absolute Gasteiger partial charge is 0.396 e. The molecule has 0 spiro atoms. The highest BCUT2D eigenvalue weighted by atomic mass is 16.3. The Balaban J connectivity index is 2.70. The highest BCUT2D eigenvalue weighted by Gasteiger charge is 2.14. The lowest BCUT2D eigenvalue weighted by atomic mass is 10.3. The van der Waals surface area contributed by atoms with Crippen LogP contribution in [0.2, 0.25) is 0 Å². The van der Waals surface area contributed by atoms with Gasteiger partial charge in [0.1, 0.15) is 11.5 Å². The summed E-state index contributed by atoms with van der Waals surface area (Å²) in [5.41, 5.74) is 5.66. The van der Waals surface area contributed by atoms with Gasteiger partial charge in [-0.1, -0.05) is 0 Å². The molecule has 0 saturated heterocycles. The monoisotopic (exact) mass is 224 g/mol. The van der Waals surface area contributed by atoms with Crippen LogP contribution in [-0.4, -0.2) is 45.6 Å². The van der Waals surface area contributed by atoms with Gasteiger partial charge in [0.15, 0.2) is 0 Å². The predicted molar refractivity (Wildman–Crippen MR) is 59.7 cm³/mol. The van der Waals surface area contributed by atoms with Crippen molar-refractivity contribution in [3.05, 3.63) is 18.1 Å². The summed E-state index contributed by atoms with van der Waals surface area (Å²) in [4.78, 5) is 21.2. The van der Waals surface area contributed by atoms with Crippen molar-refractivity contribution in [1.29, 1.82) is 0 Å².